The van der Waals surface area contributed by atoms with E-state index in [0.29, 0.717) is 12.6 Å². The van der Waals surface area contributed by atoms with E-state index in [1.807, 2.05) is 34.1 Å². The number of carbonyl (C=O) groups is 2. The molecule has 31 heavy (non-hydrogen) atoms. The highest BCUT2D eigenvalue weighted by Gasteiger charge is 2.32. The van der Waals surface area contributed by atoms with Gasteiger partial charge in [-0.25, -0.2) is 0 Å². The number of likely N-dealkylation sites (tertiary alicyclic amines) is 1. The van der Waals surface area contributed by atoms with Crippen LogP contribution in [-0.4, -0.2) is 90.4 Å². The number of carbonyl (C=O) groups excluding carboxylic acids is 2. The molecule has 0 radical (unpaired) electrons. The van der Waals surface area contributed by atoms with E-state index in [1.54, 1.807) is 0 Å². The number of benzene rings is 1. The molecule has 0 bridgehead atoms. The molecule has 8 nitrogen and oxygen atoms in total. The Hall–Kier alpha value is -2.61. The van der Waals surface area contributed by atoms with Crippen molar-refractivity contribution in [2.75, 3.05) is 63.8 Å². The Morgan fingerprint density at radius 3 is 2.32 bits per heavy atom. The van der Waals surface area contributed by atoms with Crippen LogP contribution in [0.25, 0.3) is 11.1 Å². The molecule has 2 aromatic rings. The molecule has 0 spiro atoms. The first-order chi connectivity index (χ1) is 15.2. The van der Waals surface area contributed by atoms with Crippen LogP contribution in [0.3, 0.4) is 0 Å². The van der Waals surface area contributed by atoms with Gasteiger partial charge in [0.25, 0.3) is 6.01 Å². The summed E-state index contributed by atoms with van der Waals surface area (Å²) in [5, 5.41) is 0. The van der Waals surface area contributed by atoms with E-state index in [-0.39, 0.29) is 17.7 Å². The molecule has 2 amide bonds. The van der Waals surface area contributed by atoms with Crippen molar-refractivity contribution in [1.29, 1.82) is 0 Å². The maximum absolute atomic E-state index is 13.0. The van der Waals surface area contributed by atoms with Crippen LogP contribution in [0.15, 0.2) is 28.7 Å². The lowest BCUT2D eigenvalue weighted by Crippen LogP contribution is -2.53. The highest BCUT2D eigenvalue weighted by atomic mass is 16.4. The van der Waals surface area contributed by atoms with E-state index in [9.17, 15) is 9.59 Å². The van der Waals surface area contributed by atoms with Gasteiger partial charge in [-0.05, 0) is 37.8 Å². The van der Waals surface area contributed by atoms with E-state index in [0.717, 1.165) is 89.1 Å². The van der Waals surface area contributed by atoms with Gasteiger partial charge in [0.1, 0.15) is 5.52 Å². The molecule has 1 aromatic heterocycles. The Morgan fingerprint density at radius 1 is 0.903 bits per heavy atom. The van der Waals surface area contributed by atoms with E-state index >= 15 is 0 Å². The summed E-state index contributed by atoms with van der Waals surface area (Å²) in [7, 11) is 0. The molecule has 0 unspecified atom stereocenters. The molecule has 8 heteroatoms. The summed E-state index contributed by atoms with van der Waals surface area (Å²) in [5.74, 6) is 0.574. The van der Waals surface area contributed by atoms with Gasteiger partial charge in [0.05, 0.1) is 6.54 Å². The Kier molecular flexibility index (Phi) is 5.80. The molecule has 0 aliphatic carbocycles. The van der Waals surface area contributed by atoms with Gasteiger partial charge in [-0.2, -0.15) is 4.98 Å². The number of para-hydroxylation sites is 2. The van der Waals surface area contributed by atoms with Gasteiger partial charge in [-0.15, -0.1) is 0 Å². The lowest BCUT2D eigenvalue weighted by atomic mass is 9.95. The zero-order chi connectivity index (χ0) is 21.2. The minimum Gasteiger partial charge on any atom is -0.423 e. The fraction of sp³-hybridized carbons (Fsp3) is 0.609. The number of piperazine rings is 1. The standard InChI is InChI=1S/C23H31N5O3/c29-21(26-9-3-4-10-26)17-25-13-15-27(16-14-25)22(30)18-7-11-28(12-8-18)23-24-19-5-1-2-6-20(19)31-23/h1-2,5-6,18H,3-4,7-17H2. The third-order valence-corrected chi connectivity index (χ3v) is 6.90. The molecule has 3 fully saturated rings. The molecule has 1 aromatic carbocycles. The zero-order valence-electron chi connectivity index (χ0n) is 18.0. The molecule has 3 saturated heterocycles. The molecular formula is C23H31N5O3. The number of anilines is 1. The van der Waals surface area contributed by atoms with Gasteiger partial charge in [-0.1, -0.05) is 12.1 Å². The molecule has 3 aliphatic rings. The minimum atomic E-state index is 0.0680. The number of hydrogen-bond acceptors (Lipinski definition) is 6. The Labute approximate surface area is 182 Å². The predicted molar refractivity (Wildman–Crippen MR) is 118 cm³/mol. The van der Waals surface area contributed by atoms with Gasteiger partial charge in [-0.3, -0.25) is 14.5 Å². The van der Waals surface area contributed by atoms with Crippen LogP contribution in [0, 0.1) is 5.92 Å². The third-order valence-electron chi connectivity index (χ3n) is 6.90. The van der Waals surface area contributed by atoms with E-state index in [4.69, 9.17) is 4.42 Å². The number of oxazole rings is 1. The van der Waals surface area contributed by atoms with Gasteiger partial charge < -0.3 is 19.1 Å². The highest BCUT2D eigenvalue weighted by molar-refractivity contribution is 5.80. The smallest absolute Gasteiger partial charge is 0.298 e. The normalized spacial score (nSPS) is 21.2. The topological polar surface area (TPSA) is 73.1 Å². The maximum atomic E-state index is 13.0. The van der Waals surface area contributed by atoms with Crippen LogP contribution >= 0.6 is 0 Å². The number of piperidine rings is 1. The predicted octanol–water partition coefficient (Wildman–Crippen LogP) is 1.81. The van der Waals surface area contributed by atoms with Crippen molar-refractivity contribution < 1.29 is 14.0 Å². The lowest BCUT2D eigenvalue weighted by Gasteiger charge is -2.38. The molecule has 166 valence electrons. The van der Waals surface area contributed by atoms with Crippen molar-refractivity contribution in [3.05, 3.63) is 24.3 Å². The summed E-state index contributed by atoms with van der Waals surface area (Å²) in [6.45, 7) is 6.88. The second kappa shape index (κ2) is 8.86. The summed E-state index contributed by atoms with van der Waals surface area (Å²) in [4.78, 5) is 38.3. The first kappa shape index (κ1) is 20.3. The van der Waals surface area contributed by atoms with Crippen LogP contribution in [0.2, 0.25) is 0 Å². The van der Waals surface area contributed by atoms with Gasteiger partial charge in [0, 0.05) is 58.3 Å². The molecule has 3 aliphatic heterocycles. The molecule has 5 rings (SSSR count). The van der Waals surface area contributed by atoms with Crippen molar-refractivity contribution in [2.24, 2.45) is 5.92 Å². The van der Waals surface area contributed by atoms with E-state index < -0.39 is 0 Å². The summed E-state index contributed by atoms with van der Waals surface area (Å²) in [5.41, 5.74) is 1.67. The minimum absolute atomic E-state index is 0.0680. The zero-order valence-corrected chi connectivity index (χ0v) is 18.0. The average Bonchev–Trinajstić information content (AvgIpc) is 3.49. The fourth-order valence-electron chi connectivity index (χ4n) is 4.96. The molecule has 0 N–H and O–H groups in total. The molecule has 4 heterocycles. The van der Waals surface area contributed by atoms with Crippen LogP contribution in [0.5, 0.6) is 0 Å². The highest BCUT2D eigenvalue weighted by Crippen LogP contribution is 2.27. The Morgan fingerprint density at radius 2 is 1.61 bits per heavy atom. The monoisotopic (exact) mass is 425 g/mol. The van der Waals surface area contributed by atoms with Crippen molar-refractivity contribution in [2.45, 2.75) is 25.7 Å². The number of fused-ring (bicyclic) bond motifs is 1. The van der Waals surface area contributed by atoms with Crippen LogP contribution in [0.4, 0.5) is 6.01 Å². The van der Waals surface area contributed by atoms with Crippen molar-refractivity contribution >= 4 is 28.9 Å². The molecular weight excluding hydrogens is 394 g/mol. The number of amides is 2. The first-order valence-corrected chi connectivity index (χ1v) is 11.6. The number of nitrogens with zero attached hydrogens (tertiary/aromatic N) is 5. The quantitative estimate of drug-likeness (QED) is 0.744. The summed E-state index contributed by atoms with van der Waals surface area (Å²) in [6, 6.07) is 8.45. The number of aromatic nitrogens is 1. The Balaban J connectivity index is 1.09. The van der Waals surface area contributed by atoms with Gasteiger partial charge in [0.15, 0.2) is 5.58 Å². The second-order valence-corrected chi connectivity index (χ2v) is 8.91. The summed E-state index contributed by atoms with van der Waals surface area (Å²) < 4.78 is 5.88. The van der Waals surface area contributed by atoms with E-state index in [2.05, 4.69) is 14.8 Å². The van der Waals surface area contributed by atoms with Crippen LogP contribution < -0.4 is 4.90 Å². The summed E-state index contributed by atoms with van der Waals surface area (Å²) in [6.07, 6.45) is 3.90. The number of hydrogen-bond donors (Lipinski definition) is 0. The summed E-state index contributed by atoms with van der Waals surface area (Å²) >= 11 is 0. The second-order valence-electron chi connectivity index (χ2n) is 8.91. The molecule has 0 atom stereocenters. The van der Waals surface area contributed by atoms with Crippen molar-refractivity contribution in [3.63, 3.8) is 0 Å². The average molecular weight is 426 g/mol. The largest absolute Gasteiger partial charge is 0.423 e. The van der Waals surface area contributed by atoms with Gasteiger partial charge >= 0.3 is 0 Å². The van der Waals surface area contributed by atoms with Crippen LogP contribution in [0.1, 0.15) is 25.7 Å². The SMILES string of the molecule is O=C(CN1CCN(C(=O)C2CCN(c3nc4ccccc4o3)CC2)CC1)N1CCCC1. The first-order valence-electron chi connectivity index (χ1n) is 11.6. The van der Waals surface area contributed by atoms with E-state index in [1.165, 1.54) is 0 Å². The number of rotatable bonds is 4. The van der Waals surface area contributed by atoms with Crippen molar-refractivity contribution in [3.8, 4) is 0 Å². The third kappa shape index (κ3) is 4.39. The maximum Gasteiger partial charge on any atom is 0.298 e. The fourth-order valence-corrected chi connectivity index (χ4v) is 4.96. The lowest BCUT2D eigenvalue weighted by molar-refractivity contribution is -0.138. The van der Waals surface area contributed by atoms with Gasteiger partial charge in [0.2, 0.25) is 11.8 Å². The molecule has 0 saturated carbocycles. The Bertz CT molecular complexity index is 889. The van der Waals surface area contributed by atoms with Crippen LogP contribution in [-0.2, 0) is 9.59 Å². The van der Waals surface area contributed by atoms with Crippen molar-refractivity contribution in [1.82, 2.24) is 19.7 Å².